The molecule has 0 aromatic heterocycles. The van der Waals surface area contributed by atoms with Crippen molar-refractivity contribution in [2.75, 3.05) is 18.9 Å². The number of methoxy groups -OCH3 is 1. The topological polar surface area (TPSA) is 9.23 Å². The van der Waals surface area contributed by atoms with Crippen LogP contribution in [-0.4, -0.2) is 18.9 Å². The van der Waals surface area contributed by atoms with Gasteiger partial charge in [-0.25, -0.2) is 0 Å². The van der Waals surface area contributed by atoms with Crippen molar-refractivity contribution in [2.45, 2.75) is 44.9 Å². The smallest absolute Gasteiger partial charge is 0.121 e. The highest BCUT2D eigenvalue weighted by Gasteiger charge is 2.26. The summed E-state index contributed by atoms with van der Waals surface area (Å²) in [5.41, 5.74) is 2.70. The van der Waals surface area contributed by atoms with Crippen LogP contribution in [0.1, 0.15) is 43.7 Å². The summed E-state index contributed by atoms with van der Waals surface area (Å²) in [7, 11) is 1.71. The summed E-state index contributed by atoms with van der Waals surface area (Å²) in [5, 5.41) is 0. The first kappa shape index (κ1) is 16.7. The van der Waals surface area contributed by atoms with Gasteiger partial charge in [0.1, 0.15) is 5.75 Å². The van der Waals surface area contributed by atoms with E-state index in [2.05, 4.69) is 32.0 Å². The van der Waals surface area contributed by atoms with Gasteiger partial charge in [-0.3, -0.25) is 0 Å². The average Bonchev–Trinajstić information content (AvgIpc) is 2.42. The number of rotatable bonds is 8. The van der Waals surface area contributed by atoms with Crippen molar-refractivity contribution in [2.24, 2.45) is 0 Å². The highest BCUT2D eigenvalue weighted by molar-refractivity contribution is 6.18. The molecule has 0 bridgehead atoms. The molecule has 19 heavy (non-hydrogen) atoms. The lowest BCUT2D eigenvalue weighted by atomic mass is 9.75. The molecule has 0 N–H and O–H groups in total. The highest BCUT2D eigenvalue weighted by Crippen LogP contribution is 2.36. The predicted molar refractivity (Wildman–Crippen MR) is 85.0 cm³/mol. The maximum Gasteiger partial charge on any atom is 0.121 e. The normalized spacial score (nSPS) is 11.6. The van der Waals surface area contributed by atoms with Crippen molar-refractivity contribution in [3.05, 3.63) is 29.3 Å². The molecule has 1 nitrogen and oxygen atoms in total. The first-order chi connectivity index (χ1) is 9.07. The van der Waals surface area contributed by atoms with Crippen LogP contribution in [0.4, 0.5) is 0 Å². The Morgan fingerprint density at radius 1 is 1.11 bits per heavy atom. The highest BCUT2D eigenvalue weighted by atomic mass is 35.5. The number of hydrogen-bond donors (Lipinski definition) is 0. The minimum absolute atomic E-state index is 0.154. The molecule has 0 spiro atoms. The molecule has 0 aliphatic heterocycles. The van der Waals surface area contributed by atoms with Crippen molar-refractivity contribution in [1.82, 2.24) is 0 Å². The van der Waals surface area contributed by atoms with E-state index in [4.69, 9.17) is 27.9 Å². The summed E-state index contributed by atoms with van der Waals surface area (Å²) < 4.78 is 5.33. The van der Waals surface area contributed by atoms with Crippen molar-refractivity contribution in [3.63, 3.8) is 0 Å². The molecule has 1 aromatic carbocycles. The van der Waals surface area contributed by atoms with Crippen LogP contribution in [0.5, 0.6) is 5.75 Å². The molecule has 0 amide bonds. The zero-order chi connectivity index (χ0) is 14.3. The fraction of sp³-hybridized carbons (Fsp3) is 0.625. The van der Waals surface area contributed by atoms with Crippen molar-refractivity contribution < 1.29 is 4.74 Å². The SMILES string of the molecule is COc1ccc(C(C)(CCCCl)CCCCl)cc1C. The molecule has 0 unspecified atom stereocenters. The molecule has 0 aliphatic rings. The van der Waals surface area contributed by atoms with Crippen molar-refractivity contribution in [3.8, 4) is 5.75 Å². The minimum Gasteiger partial charge on any atom is -0.496 e. The maximum absolute atomic E-state index is 5.86. The zero-order valence-corrected chi connectivity index (χ0v) is 13.7. The second kappa shape index (κ2) is 8.01. The molecule has 1 rings (SSSR count). The largest absolute Gasteiger partial charge is 0.496 e. The van der Waals surface area contributed by atoms with Gasteiger partial charge >= 0.3 is 0 Å². The van der Waals surface area contributed by atoms with E-state index in [1.807, 2.05) is 0 Å². The summed E-state index contributed by atoms with van der Waals surface area (Å²) in [4.78, 5) is 0. The zero-order valence-electron chi connectivity index (χ0n) is 12.1. The molecule has 0 atom stereocenters. The van der Waals surface area contributed by atoms with E-state index in [0.717, 1.165) is 31.4 Å². The third-order valence-electron chi connectivity index (χ3n) is 3.82. The van der Waals surface area contributed by atoms with E-state index in [9.17, 15) is 0 Å². The van der Waals surface area contributed by atoms with E-state index >= 15 is 0 Å². The Morgan fingerprint density at radius 3 is 2.11 bits per heavy atom. The molecular weight excluding hydrogens is 279 g/mol. The number of alkyl halides is 2. The molecule has 0 saturated heterocycles. The van der Waals surface area contributed by atoms with Gasteiger partial charge in [0.25, 0.3) is 0 Å². The second-order valence-corrected chi connectivity index (χ2v) is 6.09. The number of benzene rings is 1. The van der Waals surface area contributed by atoms with Crippen LogP contribution >= 0.6 is 23.2 Å². The third kappa shape index (κ3) is 4.57. The third-order valence-corrected chi connectivity index (χ3v) is 4.35. The molecule has 1 aromatic rings. The van der Waals surface area contributed by atoms with Crippen LogP contribution < -0.4 is 4.74 Å². The lowest BCUT2D eigenvalue weighted by Crippen LogP contribution is -2.22. The lowest BCUT2D eigenvalue weighted by Gasteiger charge is -2.31. The Morgan fingerprint density at radius 2 is 1.68 bits per heavy atom. The first-order valence-corrected chi connectivity index (χ1v) is 7.91. The molecule has 0 heterocycles. The average molecular weight is 303 g/mol. The summed E-state index contributed by atoms with van der Waals surface area (Å²) in [5.74, 6) is 2.37. The number of ether oxygens (including phenoxy) is 1. The molecule has 0 saturated carbocycles. The van der Waals surface area contributed by atoms with Crippen molar-refractivity contribution >= 4 is 23.2 Å². The van der Waals surface area contributed by atoms with E-state index in [1.165, 1.54) is 11.1 Å². The molecule has 3 heteroatoms. The fourth-order valence-electron chi connectivity index (χ4n) is 2.58. The van der Waals surface area contributed by atoms with Gasteiger partial charge in [0.2, 0.25) is 0 Å². The minimum atomic E-state index is 0.154. The summed E-state index contributed by atoms with van der Waals surface area (Å²) in [6, 6.07) is 6.47. The van der Waals surface area contributed by atoms with Crippen LogP contribution in [0.15, 0.2) is 18.2 Å². The second-order valence-electron chi connectivity index (χ2n) is 5.33. The van der Waals surface area contributed by atoms with E-state index in [1.54, 1.807) is 7.11 Å². The first-order valence-electron chi connectivity index (χ1n) is 6.84. The molecule has 0 radical (unpaired) electrons. The Kier molecular flexibility index (Phi) is 7.02. The van der Waals surface area contributed by atoms with Crippen LogP contribution in [-0.2, 0) is 5.41 Å². The summed E-state index contributed by atoms with van der Waals surface area (Å²) in [6.07, 6.45) is 4.26. The van der Waals surface area contributed by atoms with Crippen LogP contribution in [0.25, 0.3) is 0 Å². The predicted octanol–water partition coefficient (Wildman–Crippen LogP) is 5.30. The van der Waals surface area contributed by atoms with E-state index in [0.29, 0.717) is 11.8 Å². The summed E-state index contributed by atoms with van der Waals surface area (Å²) in [6.45, 7) is 4.40. The number of aryl methyl sites for hydroxylation is 1. The van der Waals surface area contributed by atoms with Gasteiger partial charge in [-0.05, 0) is 55.2 Å². The lowest BCUT2D eigenvalue weighted by molar-refractivity contribution is 0.389. The molecule has 0 fully saturated rings. The number of halogens is 2. The van der Waals surface area contributed by atoms with Crippen LogP contribution in [0, 0.1) is 6.92 Å². The number of hydrogen-bond acceptors (Lipinski definition) is 1. The van der Waals surface area contributed by atoms with Gasteiger partial charge in [0.15, 0.2) is 0 Å². The van der Waals surface area contributed by atoms with Gasteiger partial charge < -0.3 is 4.74 Å². The van der Waals surface area contributed by atoms with Gasteiger partial charge in [-0.2, -0.15) is 0 Å². The fourth-order valence-corrected chi connectivity index (χ4v) is 2.85. The summed E-state index contributed by atoms with van der Waals surface area (Å²) >= 11 is 11.7. The van der Waals surface area contributed by atoms with Crippen LogP contribution in [0.3, 0.4) is 0 Å². The van der Waals surface area contributed by atoms with Gasteiger partial charge in [0.05, 0.1) is 7.11 Å². The van der Waals surface area contributed by atoms with Gasteiger partial charge in [-0.1, -0.05) is 19.1 Å². The van der Waals surface area contributed by atoms with Crippen molar-refractivity contribution in [1.29, 1.82) is 0 Å². The Bertz CT molecular complexity index is 382. The monoisotopic (exact) mass is 302 g/mol. The van der Waals surface area contributed by atoms with Gasteiger partial charge in [-0.15, -0.1) is 23.2 Å². The standard InChI is InChI=1S/C16H24Cl2O/c1-13-12-14(6-7-15(13)19-3)16(2,8-4-10-17)9-5-11-18/h6-7,12H,4-5,8-11H2,1-3H3. The van der Waals surface area contributed by atoms with Gasteiger partial charge in [0, 0.05) is 11.8 Å². The Hall–Kier alpha value is -0.400. The maximum atomic E-state index is 5.86. The molecular formula is C16H24Cl2O. The Labute approximate surface area is 127 Å². The van der Waals surface area contributed by atoms with E-state index < -0.39 is 0 Å². The molecule has 0 aliphatic carbocycles. The molecule has 108 valence electrons. The van der Waals surface area contributed by atoms with Crippen LogP contribution in [0.2, 0.25) is 0 Å². The Balaban J connectivity index is 2.98. The quantitative estimate of drug-likeness (QED) is 0.592. The van der Waals surface area contributed by atoms with E-state index in [-0.39, 0.29) is 5.41 Å².